The van der Waals surface area contributed by atoms with Gasteiger partial charge in [-0.15, -0.1) is 0 Å². The molecule has 0 aromatic heterocycles. The molecule has 0 atom stereocenters. The molecule has 0 aliphatic rings. The first-order chi connectivity index (χ1) is 17.8. The number of anilines is 2. The Morgan fingerprint density at radius 2 is 1.30 bits per heavy atom. The molecule has 0 unspecified atom stereocenters. The molecule has 8 nitrogen and oxygen atoms in total. The van der Waals surface area contributed by atoms with Gasteiger partial charge in [0.1, 0.15) is 0 Å². The van der Waals surface area contributed by atoms with Crippen LogP contribution in [0.2, 0.25) is 5.02 Å². The molecule has 3 aromatic rings. The van der Waals surface area contributed by atoms with Crippen LogP contribution in [-0.4, -0.2) is 37.5 Å². The molecule has 0 aliphatic carbocycles. The third kappa shape index (κ3) is 9.63. The third-order valence-corrected chi connectivity index (χ3v) is 6.19. The van der Waals surface area contributed by atoms with Gasteiger partial charge in [-0.3, -0.25) is 14.4 Å². The normalized spacial score (nSPS) is 10.3. The Hall–Kier alpha value is -3.82. The Morgan fingerprint density at radius 1 is 0.757 bits per heavy atom. The Balaban J connectivity index is 1.31. The summed E-state index contributed by atoms with van der Waals surface area (Å²) in [4.78, 5) is 49.6. The zero-order valence-corrected chi connectivity index (χ0v) is 21.6. The molecule has 0 bridgehead atoms. The summed E-state index contributed by atoms with van der Waals surface area (Å²) in [6.45, 7) is -0.454. The van der Waals surface area contributed by atoms with E-state index in [2.05, 4.69) is 15.4 Å². The summed E-state index contributed by atoms with van der Waals surface area (Å²) >= 11 is 7.49. The highest BCUT2D eigenvalue weighted by Gasteiger charge is 2.11. The van der Waals surface area contributed by atoms with Crippen LogP contribution in [0.1, 0.15) is 29.6 Å². The number of ether oxygens (including phenoxy) is 2. The minimum absolute atomic E-state index is 0.00516. The SMILES string of the molecule is COC(=O)c1ccc(NC(=O)COC(=O)CCCC(=O)Nc2ccc(Sc3ccc(Cl)cc3)cc2)cc1. The van der Waals surface area contributed by atoms with Crippen LogP contribution in [0.25, 0.3) is 0 Å². The van der Waals surface area contributed by atoms with Gasteiger partial charge in [0.25, 0.3) is 5.91 Å². The van der Waals surface area contributed by atoms with Crippen LogP contribution in [0.3, 0.4) is 0 Å². The molecule has 2 N–H and O–H groups in total. The number of carbonyl (C=O) groups excluding carboxylic acids is 4. The number of halogens is 1. The second-order valence-electron chi connectivity index (χ2n) is 7.76. The van der Waals surface area contributed by atoms with Crippen molar-refractivity contribution >= 4 is 58.5 Å². The number of hydrogen-bond acceptors (Lipinski definition) is 7. The van der Waals surface area contributed by atoms with Crippen LogP contribution in [0.15, 0.2) is 82.6 Å². The van der Waals surface area contributed by atoms with Crippen LogP contribution in [0.5, 0.6) is 0 Å². The summed E-state index contributed by atoms with van der Waals surface area (Å²) < 4.78 is 9.57. The highest BCUT2D eigenvalue weighted by atomic mass is 35.5. The van der Waals surface area contributed by atoms with Crippen molar-refractivity contribution in [3.05, 3.63) is 83.4 Å². The minimum atomic E-state index is -0.576. The van der Waals surface area contributed by atoms with E-state index in [-0.39, 0.29) is 25.2 Å². The molecule has 0 aliphatic heterocycles. The maximum absolute atomic E-state index is 12.2. The maximum atomic E-state index is 12.2. The molecule has 3 aromatic carbocycles. The summed E-state index contributed by atoms with van der Waals surface area (Å²) in [6.07, 6.45) is 0.423. The predicted octanol–water partition coefficient (Wildman–Crippen LogP) is 5.57. The van der Waals surface area contributed by atoms with Gasteiger partial charge in [0, 0.05) is 39.0 Å². The fourth-order valence-corrected chi connectivity index (χ4v) is 4.03. The van der Waals surface area contributed by atoms with Crippen LogP contribution >= 0.6 is 23.4 Å². The van der Waals surface area contributed by atoms with Gasteiger partial charge < -0.3 is 20.1 Å². The second kappa shape index (κ2) is 14.1. The average molecular weight is 541 g/mol. The Morgan fingerprint density at radius 3 is 1.89 bits per heavy atom. The molecule has 0 saturated carbocycles. The standard InChI is InChI=1S/C27H25ClN2O6S/c1-35-27(34)18-5-9-20(10-6-18)30-25(32)17-36-26(33)4-2-3-24(31)29-21-11-15-23(16-12-21)37-22-13-7-19(28)8-14-22/h5-16H,2-4,17H2,1H3,(H,29,31)(H,30,32). The molecule has 3 rings (SSSR count). The smallest absolute Gasteiger partial charge is 0.337 e. The van der Waals surface area contributed by atoms with Crippen molar-refractivity contribution in [2.75, 3.05) is 24.4 Å². The van der Waals surface area contributed by atoms with Gasteiger partial charge in [-0.1, -0.05) is 23.4 Å². The fraction of sp³-hybridized carbons (Fsp3) is 0.185. The minimum Gasteiger partial charge on any atom is -0.465 e. The van der Waals surface area contributed by atoms with Gasteiger partial charge in [-0.05, 0) is 79.2 Å². The second-order valence-corrected chi connectivity index (χ2v) is 9.34. The summed E-state index contributed by atoms with van der Waals surface area (Å²) in [7, 11) is 1.28. The van der Waals surface area contributed by atoms with Crippen molar-refractivity contribution in [2.45, 2.75) is 29.1 Å². The third-order valence-electron chi connectivity index (χ3n) is 4.93. The van der Waals surface area contributed by atoms with E-state index in [1.165, 1.54) is 31.4 Å². The molecule has 10 heteroatoms. The number of amides is 2. The van der Waals surface area contributed by atoms with Crippen LogP contribution in [0, 0.1) is 0 Å². The highest BCUT2D eigenvalue weighted by molar-refractivity contribution is 7.99. The molecule has 0 heterocycles. The zero-order chi connectivity index (χ0) is 26.6. The predicted molar refractivity (Wildman–Crippen MR) is 142 cm³/mol. The van der Waals surface area contributed by atoms with Gasteiger partial charge in [0.2, 0.25) is 5.91 Å². The molecule has 0 spiro atoms. The Bertz CT molecular complexity index is 1230. The number of nitrogens with one attached hydrogen (secondary N) is 2. The van der Waals surface area contributed by atoms with Gasteiger partial charge in [-0.25, -0.2) is 4.79 Å². The first-order valence-electron chi connectivity index (χ1n) is 11.3. The molecule has 0 fully saturated rings. The summed E-state index contributed by atoms with van der Waals surface area (Å²) in [5.74, 6) is -1.80. The van der Waals surface area contributed by atoms with E-state index in [0.717, 1.165) is 9.79 Å². The van der Waals surface area contributed by atoms with E-state index in [1.54, 1.807) is 11.8 Å². The van der Waals surface area contributed by atoms with Crippen molar-refractivity contribution < 1.29 is 28.7 Å². The molecule has 37 heavy (non-hydrogen) atoms. The number of methoxy groups -OCH3 is 1. The number of rotatable bonds is 11. The number of hydrogen-bond donors (Lipinski definition) is 2. The van der Waals surface area contributed by atoms with Crippen LogP contribution in [-0.2, 0) is 23.9 Å². The van der Waals surface area contributed by atoms with E-state index >= 15 is 0 Å². The van der Waals surface area contributed by atoms with Crippen molar-refractivity contribution in [1.82, 2.24) is 0 Å². The van der Waals surface area contributed by atoms with Crippen LogP contribution < -0.4 is 10.6 Å². The number of esters is 2. The molecule has 2 amide bonds. The first-order valence-corrected chi connectivity index (χ1v) is 12.5. The van der Waals surface area contributed by atoms with E-state index in [0.29, 0.717) is 22.0 Å². The molecule has 192 valence electrons. The number of benzene rings is 3. The lowest BCUT2D eigenvalue weighted by Gasteiger charge is -2.08. The lowest BCUT2D eigenvalue weighted by Crippen LogP contribution is -2.21. The van der Waals surface area contributed by atoms with Gasteiger partial charge in [0.05, 0.1) is 12.7 Å². The lowest BCUT2D eigenvalue weighted by molar-refractivity contribution is -0.147. The van der Waals surface area contributed by atoms with E-state index in [9.17, 15) is 19.2 Å². The summed E-state index contributed by atoms with van der Waals surface area (Å²) in [5, 5.41) is 6.04. The molecular weight excluding hydrogens is 516 g/mol. The Labute approximate surface area is 223 Å². The lowest BCUT2D eigenvalue weighted by atomic mass is 10.2. The maximum Gasteiger partial charge on any atom is 0.337 e. The monoisotopic (exact) mass is 540 g/mol. The summed E-state index contributed by atoms with van der Waals surface area (Å²) in [6, 6.07) is 21.1. The largest absolute Gasteiger partial charge is 0.465 e. The van der Waals surface area contributed by atoms with E-state index in [4.69, 9.17) is 16.3 Å². The van der Waals surface area contributed by atoms with Gasteiger partial charge in [0.15, 0.2) is 6.61 Å². The summed E-state index contributed by atoms with van der Waals surface area (Å²) in [5.41, 5.74) is 1.45. The quantitative estimate of drug-likeness (QED) is 0.306. The fourth-order valence-electron chi connectivity index (χ4n) is 3.08. The van der Waals surface area contributed by atoms with E-state index < -0.39 is 24.5 Å². The first kappa shape index (κ1) is 27.8. The van der Waals surface area contributed by atoms with Crippen molar-refractivity contribution in [3.63, 3.8) is 0 Å². The highest BCUT2D eigenvalue weighted by Crippen LogP contribution is 2.29. The molecule has 0 saturated heterocycles. The average Bonchev–Trinajstić information content (AvgIpc) is 2.90. The molecular formula is C27H25ClN2O6S. The number of carbonyl (C=O) groups is 4. The molecule has 0 radical (unpaired) electrons. The Kier molecular flexibility index (Phi) is 10.5. The van der Waals surface area contributed by atoms with E-state index in [1.807, 2.05) is 48.5 Å². The van der Waals surface area contributed by atoms with Crippen LogP contribution in [0.4, 0.5) is 11.4 Å². The van der Waals surface area contributed by atoms with Gasteiger partial charge in [-0.2, -0.15) is 0 Å². The van der Waals surface area contributed by atoms with Crippen molar-refractivity contribution in [2.24, 2.45) is 0 Å². The van der Waals surface area contributed by atoms with Crippen molar-refractivity contribution in [1.29, 1.82) is 0 Å². The van der Waals surface area contributed by atoms with Crippen molar-refractivity contribution in [3.8, 4) is 0 Å². The van der Waals surface area contributed by atoms with Gasteiger partial charge >= 0.3 is 11.9 Å². The zero-order valence-electron chi connectivity index (χ0n) is 20.0. The topological polar surface area (TPSA) is 111 Å².